The van der Waals surface area contributed by atoms with Crippen LogP contribution >= 0.6 is 0 Å². The van der Waals surface area contributed by atoms with Crippen molar-refractivity contribution in [1.29, 1.82) is 0 Å². The van der Waals surface area contributed by atoms with E-state index < -0.39 is 0 Å². The van der Waals surface area contributed by atoms with Gasteiger partial charge in [-0.25, -0.2) is 0 Å². The summed E-state index contributed by atoms with van der Waals surface area (Å²) < 4.78 is 0. The Hall–Kier alpha value is -1.60. The van der Waals surface area contributed by atoms with Crippen molar-refractivity contribution < 1.29 is 0 Å². The quantitative estimate of drug-likeness (QED) is 0.823. The van der Waals surface area contributed by atoms with E-state index in [1.54, 1.807) is 0 Å². The van der Waals surface area contributed by atoms with Gasteiger partial charge >= 0.3 is 0 Å². The summed E-state index contributed by atoms with van der Waals surface area (Å²) in [6.07, 6.45) is 1.11. The van der Waals surface area contributed by atoms with Gasteiger partial charge in [-0.15, -0.1) is 0 Å². The molecule has 2 aromatic rings. The van der Waals surface area contributed by atoms with E-state index >= 15 is 0 Å². The van der Waals surface area contributed by atoms with Crippen molar-refractivity contribution in [2.24, 2.45) is 0 Å². The molecule has 0 aliphatic rings. The second-order valence-corrected chi connectivity index (χ2v) is 4.50. The standard InChI is InChI=1S/C16H18.H3N/c1-13-8-10-16(11-9-13)14(2)12-15-6-4-3-5-7-15;/h3-11,14H,12H2,1-2H3;1H3. The van der Waals surface area contributed by atoms with Crippen LogP contribution < -0.4 is 6.15 Å². The molecule has 0 amide bonds. The number of aryl methyl sites for hydroxylation is 1. The highest BCUT2D eigenvalue weighted by Crippen LogP contribution is 2.20. The van der Waals surface area contributed by atoms with E-state index in [0.717, 1.165) is 6.42 Å². The van der Waals surface area contributed by atoms with E-state index in [1.165, 1.54) is 16.7 Å². The Labute approximate surface area is 104 Å². The first-order valence-electron chi connectivity index (χ1n) is 5.86. The van der Waals surface area contributed by atoms with Gasteiger partial charge in [0.05, 0.1) is 0 Å². The topological polar surface area (TPSA) is 35.0 Å². The summed E-state index contributed by atoms with van der Waals surface area (Å²) in [6.45, 7) is 4.42. The molecule has 0 aliphatic carbocycles. The van der Waals surface area contributed by atoms with Crippen LogP contribution in [0.3, 0.4) is 0 Å². The van der Waals surface area contributed by atoms with Crippen LogP contribution in [0.1, 0.15) is 29.5 Å². The highest BCUT2D eigenvalue weighted by atomic mass is 14.1. The van der Waals surface area contributed by atoms with Crippen molar-refractivity contribution in [2.75, 3.05) is 0 Å². The van der Waals surface area contributed by atoms with Gasteiger partial charge in [-0.05, 0) is 30.4 Å². The lowest BCUT2D eigenvalue weighted by Gasteiger charge is -2.12. The van der Waals surface area contributed by atoms with E-state index in [1.807, 2.05) is 0 Å². The maximum atomic E-state index is 2.29. The number of benzene rings is 2. The minimum Gasteiger partial charge on any atom is -0.344 e. The molecule has 1 atom stereocenters. The average Bonchev–Trinajstić information content (AvgIpc) is 2.31. The maximum absolute atomic E-state index is 2.29. The first-order chi connectivity index (χ1) is 7.75. The third kappa shape index (κ3) is 3.72. The largest absolute Gasteiger partial charge is 0.344 e. The Morgan fingerprint density at radius 1 is 0.882 bits per heavy atom. The Morgan fingerprint density at radius 2 is 1.47 bits per heavy atom. The highest BCUT2D eigenvalue weighted by Gasteiger charge is 2.05. The van der Waals surface area contributed by atoms with Crippen molar-refractivity contribution >= 4 is 0 Å². The van der Waals surface area contributed by atoms with E-state index in [2.05, 4.69) is 68.4 Å². The second kappa shape index (κ2) is 6.21. The normalized spacial score (nSPS) is 11.6. The Kier molecular flexibility index (Phi) is 4.92. The molecule has 90 valence electrons. The number of hydrogen-bond donors (Lipinski definition) is 1. The molecule has 1 heteroatoms. The zero-order chi connectivity index (χ0) is 11.4. The van der Waals surface area contributed by atoms with Gasteiger partial charge in [-0.3, -0.25) is 0 Å². The molecule has 3 N–H and O–H groups in total. The van der Waals surface area contributed by atoms with E-state index in [-0.39, 0.29) is 6.15 Å². The zero-order valence-corrected chi connectivity index (χ0v) is 10.7. The Bertz CT molecular complexity index is 431. The van der Waals surface area contributed by atoms with Gasteiger partial charge in [-0.1, -0.05) is 67.1 Å². The van der Waals surface area contributed by atoms with Gasteiger partial charge in [0.25, 0.3) is 0 Å². The fraction of sp³-hybridized carbons (Fsp3) is 0.250. The van der Waals surface area contributed by atoms with Crippen molar-refractivity contribution in [3.63, 3.8) is 0 Å². The van der Waals surface area contributed by atoms with E-state index in [0.29, 0.717) is 5.92 Å². The summed E-state index contributed by atoms with van der Waals surface area (Å²) in [5.41, 5.74) is 4.17. The summed E-state index contributed by atoms with van der Waals surface area (Å²) in [7, 11) is 0. The lowest BCUT2D eigenvalue weighted by molar-refractivity contribution is 0.759. The summed E-state index contributed by atoms with van der Waals surface area (Å²) in [6, 6.07) is 19.5. The van der Waals surface area contributed by atoms with Gasteiger partial charge in [0.1, 0.15) is 0 Å². The molecule has 2 rings (SSSR count). The third-order valence-corrected chi connectivity index (χ3v) is 3.03. The minimum absolute atomic E-state index is 0. The lowest BCUT2D eigenvalue weighted by atomic mass is 9.93. The summed E-state index contributed by atoms with van der Waals surface area (Å²) in [5.74, 6) is 0.586. The summed E-state index contributed by atoms with van der Waals surface area (Å²) in [5, 5.41) is 0. The van der Waals surface area contributed by atoms with Gasteiger partial charge in [0, 0.05) is 0 Å². The molecule has 0 saturated heterocycles. The van der Waals surface area contributed by atoms with Crippen molar-refractivity contribution in [3.8, 4) is 0 Å². The maximum Gasteiger partial charge on any atom is -0.0150 e. The molecular weight excluding hydrogens is 206 g/mol. The minimum atomic E-state index is 0. The van der Waals surface area contributed by atoms with Gasteiger partial charge < -0.3 is 6.15 Å². The predicted octanol–water partition coefficient (Wildman–Crippen LogP) is 4.50. The SMILES string of the molecule is Cc1ccc(C(C)Cc2ccccc2)cc1.N. The van der Waals surface area contributed by atoms with Crippen LogP contribution in [0.2, 0.25) is 0 Å². The van der Waals surface area contributed by atoms with Gasteiger partial charge in [-0.2, -0.15) is 0 Å². The molecule has 0 heterocycles. The van der Waals surface area contributed by atoms with Crippen molar-refractivity contribution in [1.82, 2.24) is 6.15 Å². The Balaban J connectivity index is 0.00000144. The van der Waals surface area contributed by atoms with E-state index in [4.69, 9.17) is 0 Å². The van der Waals surface area contributed by atoms with Crippen LogP contribution in [-0.2, 0) is 6.42 Å². The van der Waals surface area contributed by atoms with Crippen molar-refractivity contribution in [3.05, 3.63) is 71.3 Å². The average molecular weight is 227 g/mol. The number of rotatable bonds is 3. The molecule has 0 aromatic heterocycles. The van der Waals surface area contributed by atoms with Gasteiger partial charge in [0.15, 0.2) is 0 Å². The third-order valence-electron chi connectivity index (χ3n) is 3.03. The summed E-state index contributed by atoms with van der Waals surface area (Å²) in [4.78, 5) is 0. The Morgan fingerprint density at radius 3 is 2.06 bits per heavy atom. The summed E-state index contributed by atoms with van der Waals surface area (Å²) >= 11 is 0. The second-order valence-electron chi connectivity index (χ2n) is 4.50. The smallest absolute Gasteiger partial charge is 0.0150 e. The van der Waals surface area contributed by atoms with Crippen LogP contribution in [0.25, 0.3) is 0 Å². The molecular formula is C16H21N. The van der Waals surface area contributed by atoms with Crippen molar-refractivity contribution in [2.45, 2.75) is 26.2 Å². The lowest BCUT2D eigenvalue weighted by Crippen LogP contribution is -1.98. The van der Waals surface area contributed by atoms with Crippen LogP contribution in [0.4, 0.5) is 0 Å². The van der Waals surface area contributed by atoms with Crippen LogP contribution in [-0.4, -0.2) is 0 Å². The molecule has 0 saturated carbocycles. The molecule has 1 nitrogen and oxygen atoms in total. The van der Waals surface area contributed by atoms with Crippen LogP contribution in [0.15, 0.2) is 54.6 Å². The first-order valence-corrected chi connectivity index (χ1v) is 5.86. The molecule has 0 bridgehead atoms. The molecule has 0 aliphatic heterocycles. The first kappa shape index (κ1) is 13.5. The molecule has 0 radical (unpaired) electrons. The monoisotopic (exact) mass is 227 g/mol. The number of hydrogen-bond acceptors (Lipinski definition) is 1. The molecule has 0 spiro atoms. The fourth-order valence-corrected chi connectivity index (χ4v) is 1.98. The molecule has 1 unspecified atom stereocenters. The fourth-order valence-electron chi connectivity index (χ4n) is 1.98. The van der Waals surface area contributed by atoms with E-state index in [9.17, 15) is 0 Å². The van der Waals surface area contributed by atoms with Crippen LogP contribution in [0.5, 0.6) is 0 Å². The molecule has 0 fully saturated rings. The molecule has 2 aromatic carbocycles. The zero-order valence-electron chi connectivity index (χ0n) is 10.7. The molecule has 17 heavy (non-hydrogen) atoms. The highest BCUT2D eigenvalue weighted by molar-refractivity contribution is 5.26. The predicted molar refractivity (Wildman–Crippen MR) is 74.8 cm³/mol. The van der Waals surface area contributed by atoms with Crippen LogP contribution in [0, 0.1) is 6.92 Å². The van der Waals surface area contributed by atoms with Gasteiger partial charge in [0.2, 0.25) is 0 Å².